The van der Waals surface area contributed by atoms with Crippen LogP contribution in [0.2, 0.25) is 0 Å². The van der Waals surface area contributed by atoms with Crippen LogP contribution in [0.15, 0.2) is 85.0 Å². The highest BCUT2D eigenvalue weighted by Crippen LogP contribution is 2.38. The number of benzene rings is 2. The van der Waals surface area contributed by atoms with Crippen LogP contribution in [0.5, 0.6) is 0 Å². The van der Waals surface area contributed by atoms with Gasteiger partial charge < -0.3 is 0 Å². The lowest BCUT2D eigenvalue weighted by atomic mass is 9.68. The fraction of sp³-hybridized carbons (Fsp3) is 0.238. The summed E-state index contributed by atoms with van der Waals surface area (Å²) >= 11 is 0. The van der Waals surface area contributed by atoms with Crippen molar-refractivity contribution >= 4 is 0 Å². The zero-order chi connectivity index (χ0) is 14.5. The summed E-state index contributed by atoms with van der Waals surface area (Å²) in [5, 5.41) is 0. The number of rotatable bonds is 4. The molecular weight excluding hydrogens is 252 g/mol. The van der Waals surface area contributed by atoms with E-state index in [1.165, 1.54) is 11.1 Å². The van der Waals surface area contributed by atoms with Gasteiger partial charge in [-0.05, 0) is 35.3 Å². The second-order valence-corrected chi connectivity index (χ2v) is 6.21. The summed E-state index contributed by atoms with van der Waals surface area (Å²) in [6, 6.07) is 21.6. The van der Waals surface area contributed by atoms with Gasteiger partial charge in [0.05, 0.1) is 0 Å². The predicted molar refractivity (Wildman–Crippen MR) is 90.2 cm³/mol. The molecule has 0 aliphatic heterocycles. The van der Waals surface area contributed by atoms with Crippen molar-refractivity contribution < 1.29 is 0 Å². The van der Waals surface area contributed by atoms with Crippen molar-refractivity contribution in [1.29, 1.82) is 0 Å². The Morgan fingerprint density at radius 2 is 1.43 bits per heavy atom. The van der Waals surface area contributed by atoms with Gasteiger partial charge in [-0.2, -0.15) is 0 Å². The minimum Gasteiger partial charge on any atom is -0.0802 e. The van der Waals surface area contributed by atoms with E-state index in [0.717, 1.165) is 12.8 Å². The largest absolute Gasteiger partial charge is 0.0802 e. The van der Waals surface area contributed by atoms with Crippen LogP contribution in [0.25, 0.3) is 0 Å². The van der Waals surface area contributed by atoms with Crippen LogP contribution in [0, 0.1) is 11.3 Å². The zero-order valence-electron chi connectivity index (χ0n) is 12.6. The molecule has 0 heteroatoms. The van der Waals surface area contributed by atoms with Crippen molar-refractivity contribution in [3.05, 3.63) is 96.1 Å². The Labute approximate surface area is 127 Å². The van der Waals surface area contributed by atoms with Gasteiger partial charge in [0.2, 0.25) is 0 Å². The highest BCUT2D eigenvalue weighted by molar-refractivity contribution is 5.27. The zero-order valence-corrected chi connectivity index (χ0v) is 12.6. The molecule has 1 aliphatic carbocycles. The van der Waals surface area contributed by atoms with Crippen molar-refractivity contribution in [1.82, 2.24) is 0 Å². The lowest BCUT2D eigenvalue weighted by Gasteiger charge is -2.36. The van der Waals surface area contributed by atoms with Crippen molar-refractivity contribution in [2.24, 2.45) is 11.3 Å². The van der Waals surface area contributed by atoms with Gasteiger partial charge >= 0.3 is 0 Å². The Hall–Kier alpha value is -2.08. The Balaban J connectivity index is 1.81. The standard InChI is InChI=1S/C21H22/c1-21(17-19-12-6-3-7-13-19)15-9-8-14-20(21)16-18-10-4-2-5-11-18/h2-15,20H,16-17H2,1H3. The third-order valence-corrected chi connectivity index (χ3v) is 4.50. The molecule has 0 saturated heterocycles. The normalized spacial score (nSPS) is 24.1. The first-order valence-electron chi connectivity index (χ1n) is 7.70. The maximum Gasteiger partial charge on any atom is -0.00371 e. The van der Waals surface area contributed by atoms with Gasteiger partial charge in [0, 0.05) is 0 Å². The molecule has 21 heavy (non-hydrogen) atoms. The maximum atomic E-state index is 2.38. The Bertz CT molecular complexity index is 622. The summed E-state index contributed by atoms with van der Waals surface area (Å²) in [6.45, 7) is 2.38. The number of allylic oxidation sites excluding steroid dienone is 4. The molecule has 2 aromatic carbocycles. The molecule has 0 saturated carbocycles. The first kappa shape index (κ1) is 13.9. The molecule has 0 N–H and O–H groups in total. The summed E-state index contributed by atoms with van der Waals surface area (Å²) in [5.41, 5.74) is 3.02. The number of hydrogen-bond acceptors (Lipinski definition) is 0. The van der Waals surface area contributed by atoms with E-state index in [1.807, 2.05) is 0 Å². The van der Waals surface area contributed by atoms with E-state index < -0.39 is 0 Å². The van der Waals surface area contributed by atoms with Gasteiger partial charge in [-0.1, -0.05) is 91.9 Å². The summed E-state index contributed by atoms with van der Waals surface area (Å²) < 4.78 is 0. The molecular formula is C21H22. The monoisotopic (exact) mass is 274 g/mol. The molecule has 0 nitrogen and oxygen atoms in total. The molecule has 0 heterocycles. The summed E-state index contributed by atoms with van der Waals surface area (Å²) in [4.78, 5) is 0. The van der Waals surface area contributed by atoms with Gasteiger partial charge in [0.15, 0.2) is 0 Å². The first-order valence-corrected chi connectivity index (χ1v) is 7.70. The van der Waals surface area contributed by atoms with Crippen molar-refractivity contribution in [3.63, 3.8) is 0 Å². The van der Waals surface area contributed by atoms with Crippen LogP contribution >= 0.6 is 0 Å². The predicted octanol–water partition coefficient (Wildman–Crippen LogP) is 5.22. The average Bonchev–Trinajstić information content (AvgIpc) is 2.52. The molecule has 1 aliphatic rings. The highest BCUT2D eigenvalue weighted by atomic mass is 14.3. The second-order valence-electron chi connectivity index (χ2n) is 6.21. The van der Waals surface area contributed by atoms with Crippen LogP contribution in [-0.4, -0.2) is 0 Å². The van der Waals surface area contributed by atoms with E-state index in [2.05, 4.69) is 91.9 Å². The smallest absolute Gasteiger partial charge is 0.00371 e. The second kappa shape index (κ2) is 6.13. The summed E-state index contributed by atoms with van der Waals surface area (Å²) in [6.07, 6.45) is 11.3. The highest BCUT2D eigenvalue weighted by Gasteiger charge is 2.31. The SMILES string of the molecule is CC1(Cc2ccccc2)C=CC=CC1Cc1ccccc1. The average molecular weight is 274 g/mol. The molecule has 106 valence electrons. The minimum atomic E-state index is 0.186. The first-order chi connectivity index (χ1) is 10.3. The van der Waals surface area contributed by atoms with Crippen molar-refractivity contribution in [2.75, 3.05) is 0 Å². The lowest BCUT2D eigenvalue weighted by molar-refractivity contribution is 0.300. The molecule has 0 spiro atoms. The molecule has 0 bridgehead atoms. The fourth-order valence-electron chi connectivity index (χ4n) is 3.21. The molecule has 0 fully saturated rings. The van der Waals surface area contributed by atoms with Gasteiger partial charge in [0.25, 0.3) is 0 Å². The van der Waals surface area contributed by atoms with E-state index in [9.17, 15) is 0 Å². The van der Waals surface area contributed by atoms with E-state index in [-0.39, 0.29) is 5.41 Å². The molecule has 3 rings (SSSR count). The molecule has 0 aromatic heterocycles. The topological polar surface area (TPSA) is 0 Å². The van der Waals surface area contributed by atoms with E-state index >= 15 is 0 Å². The lowest BCUT2D eigenvalue weighted by Crippen LogP contribution is -2.29. The molecule has 2 unspecified atom stereocenters. The van der Waals surface area contributed by atoms with Crippen LogP contribution in [0.1, 0.15) is 18.1 Å². The van der Waals surface area contributed by atoms with E-state index in [1.54, 1.807) is 0 Å². The quantitative estimate of drug-likeness (QED) is 0.717. The third kappa shape index (κ3) is 3.33. The fourth-order valence-corrected chi connectivity index (χ4v) is 3.21. The maximum absolute atomic E-state index is 2.38. The molecule has 0 amide bonds. The summed E-state index contributed by atoms with van der Waals surface area (Å²) in [7, 11) is 0. The van der Waals surface area contributed by atoms with Gasteiger partial charge in [0.1, 0.15) is 0 Å². The van der Waals surface area contributed by atoms with Crippen molar-refractivity contribution in [2.45, 2.75) is 19.8 Å². The van der Waals surface area contributed by atoms with E-state index in [0.29, 0.717) is 5.92 Å². The third-order valence-electron chi connectivity index (χ3n) is 4.50. The van der Waals surface area contributed by atoms with Gasteiger partial charge in [-0.25, -0.2) is 0 Å². The van der Waals surface area contributed by atoms with Gasteiger partial charge in [-0.3, -0.25) is 0 Å². The summed E-state index contributed by atoms with van der Waals surface area (Å²) in [5.74, 6) is 0.546. The Morgan fingerprint density at radius 1 is 0.810 bits per heavy atom. The molecule has 2 atom stereocenters. The minimum absolute atomic E-state index is 0.186. The molecule has 2 aromatic rings. The Kier molecular flexibility index (Phi) is 4.06. The van der Waals surface area contributed by atoms with Gasteiger partial charge in [-0.15, -0.1) is 0 Å². The van der Waals surface area contributed by atoms with E-state index in [4.69, 9.17) is 0 Å². The number of hydrogen-bond donors (Lipinski definition) is 0. The van der Waals surface area contributed by atoms with Crippen LogP contribution in [0.3, 0.4) is 0 Å². The molecule has 0 radical (unpaired) electrons. The van der Waals surface area contributed by atoms with Crippen LogP contribution in [0.4, 0.5) is 0 Å². The van der Waals surface area contributed by atoms with Crippen molar-refractivity contribution in [3.8, 4) is 0 Å². The Morgan fingerprint density at radius 3 is 2.10 bits per heavy atom. The van der Waals surface area contributed by atoms with Crippen LogP contribution < -0.4 is 0 Å². The van der Waals surface area contributed by atoms with Crippen LogP contribution in [-0.2, 0) is 12.8 Å².